The molecule has 2 amide bonds. The van der Waals surface area contributed by atoms with Crippen LogP contribution in [0.25, 0.3) is 0 Å². The molecule has 1 N–H and O–H groups in total. The van der Waals surface area contributed by atoms with Crippen molar-refractivity contribution in [3.63, 3.8) is 0 Å². The van der Waals surface area contributed by atoms with Gasteiger partial charge in [-0.15, -0.1) is 0 Å². The van der Waals surface area contributed by atoms with Crippen LogP contribution in [0.15, 0.2) is 82.2 Å². The zero-order chi connectivity index (χ0) is 23.4. The van der Waals surface area contributed by atoms with E-state index in [1.807, 2.05) is 36.2 Å². The van der Waals surface area contributed by atoms with Gasteiger partial charge in [-0.3, -0.25) is 9.59 Å². The molecule has 0 spiro atoms. The lowest BCUT2D eigenvalue weighted by atomic mass is 10.1. The summed E-state index contributed by atoms with van der Waals surface area (Å²) in [5, 5.41) is 3.12. The van der Waals surface area contributed by atoms with Crippen LogP contribution >= 0.6 is 11.8 Å². The van der Waals surface area contributed by atoms with Gasteiger partial charge in [0, 0.05) is 48.1 Å². The van der Waals surface area contributed by atoms with E-state index in [0.717, 1.165) is 30.8 Å². The minimum absolute atomic E-state index is 0.0128. The van der Waals surface area contributed by atoms with Crippen molar-refractivity contribution in [3.8, 4) is 0 Å². The highest BCUT2D eigenvalue weighted by atomic mass is 32.2. The van der Waals surface area contributed by atoms with E-state index in [0.29, 0.717) is 5.56 Å². The summed E-state index contributed by atoms with van der Waals surface area (Å²) in [5.41, 5.74) is 3.09. The number of hydrogen-bond acceptors (Lipinski definition) is 4. The number of nitrogens with one attached hydrogen (secondary N) is 1. The minimum atomic E-state index is -0.0577. The third-order valence-electron chi connectivity index (χ3n) is 6.34. The van der Waals surface area contributed by atoms with Crippen LogP contribution in [-0.4, -0.2) is 53.8 Å². The maximum absolute atomic E-state index is 12.7. The van der Waals surface area contributed by atoms with Crippen molar-refractivity contribution in [3.05, 3.63) is 83.6 Å². The van der Waals surface area contributed by atoms with Crippen molar-refractivity contribution in [2.75, 3.05) is 20.1 Å². The van der Waals surface area contributed by atoms with Gasteiger partial charge >= 0.3 is 0 Å². The van der Waals surface area contributed by atoms with Gasteiger partial charge in [-0.1, -0.05) is 41.6 Å². The summed E-state index contributed by atoms with van der Waals surface area (Å²) < 4.78 is 0. The van der Waals surface area contributed by atoms with Crippen molar-refractivity contribution in [2.24, 2.45) is 0 Å². The second-order valence-corrected chi connectivity index (χ2v) is 9.91. The predicted octanol–water partition coefficient (Wildman–Crippen LogP) is 4.64. The second-order valence-electron chi connectivity index (χ2n) is 8.76. The molecule has 2 atom stereocenters. The molecule has 5 nitrogen and oxygen atoms in total. The van der Waals surface area contributed by atoms with Gasteiger partial charge in [0.1, 0.15) is 0 Å². The Balaban J connectivity index is 1.27. The SMILES string of the molecule is CC(=O)N(C)C1CCN(C2=CCC(NC(=O)c3ccc(Sc4ccc(C)cc4)cc3)C=C2)C1. The molecule has 1 saturated heterocycles. The number of rotatable bonds is 6. The summed E-state index contributed by atoms with van der Waals surface area (Å²) in [6, 6.07) is 16.4. The third kappa shape index (κ3) is 5.88. The molecule has 1 aliphatic carbocycles. The minimum Gasteiger partial charge on any atom is -0.370 e. The topological polar surface area (TPSA) is 52.7 Å². The fourth-order valence-electron chi connectivity index (χ4n) is 4.17. The smallest absolute Gasteiger partial charge is 0.251 e. The quantitative estimate of drug-likeness (QED) is 0.681. The summed E-state index contributed by atoms with van der Waals surface area (Å²) in [4.78, 5) is 30.8. The van der Waals surface area contributed by atoms with Crippen LogP contribution in [-0.2, 0) is 4.79 Å². The van der Waals surface area contributed by atoms with Crippen molar-refractivity contribution in [1.29, 1.82) is 0 Å². The van der Waals surface area contributed by atoms with E-state index in [9.17, 15) is 9.59 Å². The van der Waals surface area contributed by atoms with Crippen LogP contribution in [0.5, 0.6) is 0 Å². The van der Waals surface area contributed by atoms with E-state index < -0.39 is 0 Å². The number of benzene rings is 2. The Kier molecular flexibility index (Phi) is 7.23. The van der Waals surface area contributed by atoms with Gasteiger partial charge in [-0.05, 0) is 62.2 Å². The molecule has 172 valence electrons. The normalized spacial score (nSPS) is 19.8. The molecular weight excluding hydrogens is 430 g/mol. The predicted molar refractivity (Wildman–Crippen MR) is 133 cm³/mol. The zero-order valence-electron chi connectivity index (χ0n) is 19.5. The van der Waals surface area contributed by atoms with Gasteiger partial charge < -0.3 is 15.1 Å². The Morgan fingerprint density at radius 2 is 1.73 bits per heavy atom. The number of nitrogens with zero attached hydrogens (tertiary/aromatic N) is 2. The second kappa shape index (κ2) is 10.3. The summed E-state index contributed by atoms with van der Waals surface area (Å²) in [6.07, 6.45) is 8.09. The molecule has 2 aliphatic rings. The molecule has 6 heteroatoms. The first-order valence-corrected chi connectivity index (χ1v) is 12.2. The molecule has 4 rings (SSSR count). The number of carbonyl (C=O) groups excluding carboxylic acids is 2. The number of allylic oxidation sites excluding steroid dienone is 1. The molecular formula is C27H31N3O2S. The van der Waals surface area contributed by atoms with Crippen molar-refractivity contribution in [1.82, 2.24) is 15.1 Å². The van der Waals surface area contributed by atoms with Crippen LogP contribution in [0, 0.1) is 6.92 Å². The Labute approximate surface area is 200 Å². The zero-order valence-corrected chi connectivity index (χ0v) is 20.3. The number of aryl methyl sites for hydroxylation is 1. The van der Waals surface area contributed by atoms with E-state index >= 15 is 0 Å². The standard InChI is InChI=1S/C27H31N3O2S/c1-19-4-12-25(13-5-19)33-26-14-6-21(7-15-26)27(32)28-22-8-10-23(11-9-22)30-17-16-24(18-30)29(3)20(2)31/h4-8,10-15,22,24H,9,16-18H2,1-3H3,(H,28,32). The summed E-state index contributed by atoms with van der Waals surface area (Å²) >= 11 is 1.69. The maximum atomic E-state index is 12.7. The van der Waals surface area contributed by atoms with Gasteiger partial charge in [0.15, 0.2) is 0 Å². The van der Waals surface area contributed by atoms with Gasteiger partial charge in [0.25, 0.3) is 5.91 Å². The van der Waals surface area contributed by atoms with Crippen molar-refractivity contribution >= 4 is 23.6 Å². The Hall–Kier alpha value is -2.99. The first kappa shape index (κ1) is 23.2. The third-order valence-corrected chi connectivity index (χ3v) is 7.36. The number of amides is 2. The van der Waals surface area contributed by atoms with E-state index in [-0.39, 0.29) is 23.9 Å². The molecule has 0 aromatic heterocycles. The Morgan fingerprint density at radius 1 is 1.06 bits per heavy atom. The average molecular weight is 462 g/mol. The summed E-state index contributed by atoms with van der Waals surface area (Å²) in [6.45, 7) is 5.50. The molecule has 1 fully saturated rings. The number of likely N-dealkylation sites (N-methyl/N-ethyl adjacent to an activating group) is 1. The summed E-state index contributed by atoms with van der Waals surface area (Å²) in [7, 11) is 1.88. The Bertz CT molecular complexity index is 1060. The van der Waals surface area contributed by atoms with Gasteiger partial charge in [-0.2, -0.15) is 0 Å². The maximum Gasteiger partial charge on any atom is 0.251 e. The van der Waals surface area contributed by atoms with E-state index in [1.54, 1.807) is 18.7 Å². The average Bonchev–Trinajstić information content (AvgIpc) is 3.31. The lowest BCUT2D eigenvalue weighted by Gasteiger charge is -2.27. The fraction of sp³-hybridized carbons (Fsp3) is 0.333. The lowest BCUT2D eigenvalue weighted by Crippen LogP contribution is -2.38. The van der Waals surface area contributed by atoms with Crippen LogP contribution in [0.3, 0.4) is 0 Å². The number of likely N-dealkylation sites (tertiary alicyclic amines) is 1. The van der Waals surface area contributed by atoms with Crippen molar-refractivity contribution < 1.29 is 9.59 Å². The molecule has 2 unspecified atom stereocenters. The van der Waals surface area contributed by atoms with Crippen LogP contribution in [0.1, 0.15) is 35.7 Å². The van der Waals surface area contributed by atoms with Gasteiger partial charge in [0.2, 0.25) is 5.91 Å². The largest absolute Gasteiger partial charge is 0.370 e. The lowest BCUT2D eigenvalue weighted by molar-refractivity contribution is -0.129. The highest BCUT2D eigenvalue weighted by molar-refractivity contribution is 7.99. The first-order valence-electron chi connectivity index (χ1n) is 11.4. The number of carbonyl (C=O) groups is 2. The van der Waals surface area contributed by atoms with Gasteiger partial charge in [-0.25, -0.2) is 0 Å². The van der Waals surface area contributed by atoms with Crippen molar-refractivity contribution in [2.45, 2.75) is 48.6 Å². The van der Waals surface area contributed by atoms with Crippen LogP contribution < -0.4 is 5.32 Å². The Morgan fingerprint density at radius 3 is 2.33 bits per heavy atom. The molecule has 0 saturated carbocycles. The fourth-order valence-corrected chi connectivity index (χ4v) is 4.99. The molecule has 2 aromatic carbocycles. The monoisotopic (exact) mass is 461 g/mol. The first-order chi connectivity index (χ1) is 15.9. The van der Waals surface area contributed by atoms with Crippen LogP contribution in [0.2, 0.25) is 0 Å². The van der Waals surface area contributed by atoms with Gasteiger partial charge in [0.05, 0.1) is 12.1 Å². The van der Waals surface area contributed by atoms with E-state index in [1.165, 1.54) is 16.2 Å². The molecule has 0 radical (unpaired) electrons. The summed E-state index contributed by atoms with van der Waals surface area (Å²) in [5.74, 6) is 0.0530. The van der Waals surface area contributed by atoms with E-state index in [4.69, 9.17) is 0 Å². The highest BCUT2D eigenvalue weighted by Gasteiger charge is 2.28. The van der Waals surface area contributed by atoms with Crippen LogP contribution in [0.4, 0.5) is 0 Å². The van der Waals surface area contributed by atoms with E-state index in [2.05, 4.69) is 59.6 Å². The molecule has 0 bridgehead atoms. The number of hydrogen-bond donors (Lipinski definition) is 1. The molecule has 1 heterocycles. The molecule has 1 aliphatic heterocycles. The highest BCUT2D eigenvalue weighted by Crippen LogP contribution is 2.28. The molecule has 2 aromatic rings. The molecule has 33 heavy (non-hydrogen) atoms.